The molecule has 5 heteroatoms. The number of morpholine rings is 1. The SMILES string of the molecule is CCn1c(C)nnc1CC1COCCN1. The quantitative estimate of drug-likeness (QED) is 0.771. The fourth-order valence-corrected chi connectivity index (χ4v) is 1.96. The summed E-state index contributed by atoms with van der Waals surface area (Å²) in [5.74, 6) is 2.04. The summed E-state index contributed by atoms with van der Waals surface area (Å²) in [6, 6.07) is 0.382. The van der Waals surface area contributed by atoms with Crippen LogP contribution in [-0.4, -0.2) is 40.6 Å². The molecule has 1 fully saturated rings. The van der Waals surface area contributed by atoms with Gasteiger partial charge in [0.25, 0.3) is 0 Å². The summed E-state index contributed by atoms with van der Waals surface area (Å²) in [6.07, 6.45) is 0.898. The molecule has 1 saturated heterocycles. The molecule has 1 N–H and O–H groups in total. The number of hydrogen-bond acceptors (Lipinski definition) is 4. The Hall–Kier alpha value is -0.940. The maximum absolute atomic E-state index is 5.41. The number of rotatable bonds is 3. The highest BCUT2D eigenvalue weighted by molar-refractivity contribution is 4.97. The van der Waals surface area contributed by atoms with Crippen LogP contribution in [0.1, 0.15) is 18.6 Å². The predicted molar refractivity (Wildman–Crippen MR) is 56.7 cm³/mol. The van der Waals surface area contributed by atoms with Gasteiger partial charge >= 0.3 is 0 Å². The zero-order chi connectivity index (χ0) is 10.7. The molecule has 5 nitrogen and oxygen atoms in total. The van der Waals surface area contributed by atoms with E-state index in [9.17, 15) is 0 Å². The molecule has 0 saturated carbocycles. The Morgan fingerprint density at radius 3 is 3.07 bits per heavy atom. The van der Waals surface area contributed by atoms with Gasteiger partial charge in [0.1, 0.15) is 11.6 Å². The molecule has 1 aromatic rings. The minimum Gasteiger partial charge on any atom is -0.379 e. The van der Waals surface area contributed by atoms with Crippen molar-refractivity contribution in [3.63, 3.8) is 0 Å². The predicted octanol–water partition coefficient (Wildman–Crippen LogP) is 0.137. The van der Waals surface area contributed by atoms with Crippen LogP contribution >= 0.6 is 0 Å². The van der Waals surface area contributed by atoms with E-state index in [2.05, 4.69) is 27.0 Å². The van der Waals surface area contributed by atoms with Gasteiger partial charge in [0, 0.05) is 25.6 Å². The molecule has 0 bridgehead atoms. The van der Waals surface area contributed by atoms with Crippen molar-refractivity contribution in [2.45, 2.75) is 32.9 Å². The van der Waals surface area contributed by atoms with Gasteiger partial charge in [0.15, 0.2) is 0 Å². The molecule has 2 heterocycles. The van der Waals surface area contributed by atoms with Crippen molar-refractivity contribution in [1.82, 2.24) is 20.1 Å². The number of aryl methyl sites for hydroxylation is 1. The molecule has 2 rings (SSSR count). The van der Waals surface area contributed by atoms with Crippen molar-refractivity contribution in [2.75, 3.05) is 19.8 Å². The van der Waals surface area contributed by atoms with E-state index in [0.717, 1.165) is 44.4 Å². The third-order valence-corrected chi connectivity index (χ3v) is 2.76. The topological polar surface area (TPSA) is 52.0 Å². The molecule has 1 aromatic heterocycles. The van der Waals surface area contributed by atoms with Crippen LogP contribution in [-0.2, 0) is 17.7 Å². The molecule has 0 radical (unpaired) electrons. The van der Waals surface area contributed by atoms with Gasteiger partial charge in [0.05, 0.1) is 13.2 Å². The molecule has 0 spiro atoms. The highest BCUT2D eigenvalue weighted by Gasteiger charge is 2.17. The van der Waals surface area contributed by atoms with Gasteiger partial charge in [-0.15, -0.1) is 10.2 Å². The molecular formula is C10H18N4O. The van der Waals surface area contributed by atoms with Gasteiger partial charge in [-0.05, 0) is 13.8 Å². The van der Waals surface area contributed by atoms with E-state index in [-0.39, 0.29) is 0 Å². The van der Waals surface area contributed by atoms with E-state index >= 15 is 0 Å². The van der Waals surface area contributed by atoms with E-state index in [0.29, 0.717) is 6.04 Å². The number of nitrogens with zero attached hydrogens (tertiary/aromatic N) is 3. The smallest absolute Gasteiger partial charge is 0.134 e. The van der Waals surface area contributed by atoms with Crippen LogP contribution in [0, 0.1) is 6.92 Å². The summed E-state index contributed by atoms with van der Waals surface area (Å²) < 4.78 is 7.56. The highest BCUT2D eigenvalue weighted by atomic mass is 16.5. The van der Waals surface area contributed by atoms with Crippen LogP contribution in [0.2, 0.25) is 0 Å². The number of hydrogen-bond donors (Lipinski definition) is 1. The van der Waals surface area contributed by atoms with Gasteiger partial charge in [-0.1, -0.05) is 0 Å². The van der Waals surface area contributed by atoms with Crippen LogP contribution in [0.4, 0.5) is 0 Å². The number of ether oxygens (including phenoxy) is 1. The van der Waals surface area contributed by atoms with Crippen LogP contribution < -0.4 is 5.32 Å². The normalized spacial score (nSPS) is 21.9. The van der Waals surface area contributed by atoms with Crippen molar-refractivity contribution in [3.05, 3.63) is 11.6 Å². The van der Waals surface area contributed by atoms with Gasteiger partial charge in [0.2, 0.25) is 0 Å². The van der Waals surface area contributed by atoms with E-state index in [1.54, 1.807) is 0 Å². The second-order valence-corrected chi connectivity index (χ2v) is 3.84. The van der Waals surface area contributed by atoms with Gasteiger partial charge in [-0.2, -0.15) is 0 Å². The average Bonchev–Trinajstić information content (AvgIpc) is 2.61. The molecule has 0 amide bonds. The van der Waals surface area contributed by atoms with Crippen molar-refractivity contribution >= 4 is 0 Å². The van der Waals surface area contributed by atoms with Crippen molar-refractivity contribution in [3.8, 4) is 0 Å². The lowest BCUT2D eigenvalue weighted by molar-refractivity contribution is 0.0761. The maximum atomic E-state index is 5.41. The first kappa shape index (κ1) is 10.6. The summed E-state index contributed by atoms with van der Waals surface area (Å²) in [5.41, 5.74) is 0. The molecule has 0 aromatic carbocycles. The van der Waals surface area contributed by atoms with Crippen LogP contribution in [0.5, 0.6) is 0 Å². The Morgan fingerprint density at radius 2 is 2.40 bits per heavy atom. The Balaban J connectivity index is 2.02. The second kappa shape index (κ2) is 4.72. The molecular weight excluding hydrogens is 192 g/mol. The average molecular weight is 210 g/mol. The van der Waals surface area contributed by atoms with Gasteiger partial charge in [-0.25, -0.2) is 0 Å². The molecule has 1 aliphatic rings. The van der Waals surface area contributed by atoms with E-state index in [1.807, 2.05) is 6.92 Å². The number of nitrogens with one attached hydrogen (secondary N) is 1. The van der Waals surface area contributed by atoms with Crippen LogP contribution in [0.25, 0.3) is 0 Å². The minimum absolute atomic E-state index is 0.382. The van der Waals surface area contributed by atoms with Crippen LogP contribution in [0.15, 0.2) is 0 Å². The third-order valence-electron chi connectivity index (χ3n) is 2.76. The maximum Gasteiger partial charge on any atom is 0.134 e. The molecule has 1 atom stereocenters. The standard InChI is InChI=1S/C10H18N4O/c1-3-14-8(2)12-13-10(14)6-9-7-15-5-4-11-9/h9,11H,3-7H2,1-2H3. The lowest BCUT2D eigenvalue weighted by Crippen LogP contribution is -2.43. The van der Waals surface area contributed by atoms with E-state index in [4.69, 9.17) is 4.74 Å². The lowest BCUT2D eigenvalue weighted by Gasteiger charge is -2.23. The monoisotopic (exact) mass is 210 g/mol. The Labute approximate surface area is 89.8 Å². The Morgan fingerprint density at radius 1 is 1.53 bits per heavy atom. The van der Waals surface area contributed by atoms with Crippen molar-refractivity contribution in [2.24, 2.45) is 0 Å². The molecule has 0 aliphatic carbocycles. The Kier molecular flexibility index (Phi) is 3.33. The zero-order valence-corrected chi connectivity index (χ0v) is 9.36. The Bertz CT molecular complexity index is 317. The zero-order valence-electron chi connectivity index (χ0n) is 9.36. The summed E-state index contributed by atoms with van der Waals surface area (Å²) >= 11 is 0. The molecule has 15 heavy (non-hydrogen) atoms. The summed E-state index contributed by atoms with van der Waals surface area (Å²) in [6.45, 7) is 7.56. The van der Waals surface area contributed by atoms with E-state index in [1.165, 1.54) is 0 Å². The first-order valence-electron chi connectivity index (χ1n) is 5.51. The summed E-state index contributed by atoms with van der Waals surface area (Å²) in [7, 11) is 0. The first-order chi connectivity index (χ1) is 7.31. The van der Waals surface area contributed by atoms with Crippen molar-refractivity contribution < 1.29 is 4.74 Å². The minimum atomic E-state index is 0.382. The third kappa shape index (κ3) is 2.35. The number of aromatic nitrogens is 3. The van der Waals surface area contributed by atoms with E-state index < -0.39 is 0 Å². The fourth-order valence-electron chi connectivity index (χ4n) is 1.96. The molecule has 1 aliphatic heterocycles. The fraction of sp³-hybridized carbons (Fsp3) is 0.800. The van der Waals surface area contributed by atoms with Crippen molar-refractivity contribution in [1.29, 1.82) is 0 Å². The second-order valence-electron chi connectivity index (χ2n) is 3.84. The van der Waals surface area contributed by atoms with Gasteiger partial charge in [-0.3, -0.25) is 0 Å². The molecule has 84 valence electrons. The largest absolute Gasteiger partial charge is 0.379 e. The summed E-state index contributed by atoms with van der Waals surface area (Å²) in [5, 5.41) is 11.7. The first-order valence-corrected chi connectivity index (χ1v) is 5.51. The van der Waals surface area contributed by atoms with Gasteiger partial charge < -0.3 is 14.6 Å². The lowest BCUT2D eigenvalue weighted by atomic mass is 10.2. The summed E-state index contributed by atoms with van der Waals surface area (Å²) in [4.78, 5) is 0. The highest BCUT2D eigenvalue weighted by Crippen LogP contribution is 2.06. The molecule has 1 unspecified atom stereocenters. The van der Waals surface area contributed by atoms with Crippen LogP contribution in [0.3, 0.4) is 0 Å².